The first kappa shape index (κ1) is 13.9. The Morgan fingerprint density at radius 1 is 1.29 bits per heavy atom. The van der Waals surface area contributed by atoms with Gasteiger partial charge in [0.25, 0.3) is 0 Å². The van der Waals surface area contributed by atoms with Crippen LogP contribution < -0.4 is 0 Å². The Morgan fingerprint density at radius 3 is 2.86 bits per heavy atom. The van der Waals surface area contributed by atoms with Crippen molar-refractivity contribution in [3.8, 4) is 0 Å². The Bertz CT molecular complexity index is 714. The summed E-state index contributed by atoms with van der Waals surface area (Å²) < 4.78 is 5.39. The first-order valence-corrected chi connectivity index (χ1v) is 7.39. The molecule has 1 aromatic carbocycles. The summed E-state index contributed by atoms with van der Waals surface area (Å²) in [5.41, 5.74) is 3.74. The van der Waals surface area contributed by atoms with Crippen LogP contribution in [0.1, 0.15) is 47.3 Å². The molecule has 1 aliphatic carbocycles. The second kappa shape index (κ2) is 5.35. The highest BCUT2D eigenvalue weighted by Crippen LogP contribution is 2.24. The van der Waals surface area contributed by atoms with Crippen LogP contribution in [0.15, 0.2) is 18.2 Å². The van der Waals surface area contributed by atoms with Crippen molar-refractivity contribution < 1.29 is 14.3 Å². The maximum atomic E-state index is 12.2. The van der Waals surface area contributed by atoms with E-state index in [1.807, 2.05) is 26.0 Å². The largest absolute Gasteiger partial charge is 0.451 e. The van der Waals surface area contributed by atoms with E-state index in [9.17, 15) is 9.59 Å². The number of esters is 1. The van der Waals surface area contributed by atoms with Crippen LogP contribution in [0.3, 0.4) is 0 Å². The minimum atomic E-state index is -0.559. The molecule has 0 amide bonds. The van der Waals surface area contributed by atoms with Crippen LogP contribution in [0.2, 0.25) is 0 Å². The molecule has 1 saturated carbocycles. The number of ether oxygens (including phenoxy) is 1. The number of ketones is 1. The first-order chi connectivity index (χ1) is 10.1. The van der Waals surface area contributed by atoms with Crippen molar-refractivity contribution in [2.24, 2.45) is 0 Å². The van der Waals surface area contributed by atoms with Gasteiger partial charge in [0.2, 0.25) is 0 Å². The van der Waals surface area contributed by atoms with Gasteiger partial charge in [-0.3, -0.25) is 4.79 Å². The molecule has 0 saturated heterocycles. The maximum absolute atomic E-state index is 12.2. The van der Waals surface area contributed by atoms with Crippen molar-refractivity contribution in [2.45, 2.75) is 45.6 Å². The molecule has 1 atom stereocenters. The van der Waals surface area contributed by atoms with Crippen LogP contribution >= 0.6 is 0 Å². The number of benzene rings is 1. The molecule has 0 spiro atoms. The number of carbonyl (C=O) groups excluding carboxylic acids is 2. The first-order valence-electron chi connectivity index (χ1n) is 7.39. The Morgan fingerprint density at radius 2 is 2.10 bits per heavy atom. The van der Waals surface area contributed by atoms with Gasteiger partial charge in [0.1, 0.15) is 0 Å². The number of rotatable bonds is 2. The quantitative estimate of drug-likeness (QED) is 0.860. The third kappa shape index (κ3) is 2.58. The van der Waals surface area contributed by atoms with Gasteiger partial charge in [0.15, 0.2) is 11.9 Å². The molecule has 4 heteroatoms. The lowest BCUT2D eigenvalue weighted by Gasteiger charge is -2.20. The molecular formula is C17H19NO3. The zero-order chi connectivity index (χ0) is 15.0. The highest BCUT2D eigenvalue weighted by Gasteiger charge is 2.26. The van der Waals surface area contributed by atoms with E-state index in [1.54, 1.807) is 6.07 Å². The van der Waals surface area contributed by atoms with Crippen LogP contribution in [0.25, 0.3) is 10.9 Å². The van der Waals surface area contributed by atoms with Crippen LogP contribution in [0.5, 0.6) is 0 Å². The molecule has 3 rings (SSSR count). The SMILES string of the molecule is Cc1[nH]c2ccc(C(=O)O[C@@H]3CCCCC3=O)cc2c1C. The fourth-order valence-corrected chi connectivity index (χ4v) is 2.86. The number of nitrogens with one attached hydrogen (secondary N) is 1. The van der Waals surface area contributed by atoms with Gasteiger partial charge in [0, 0.05) is 23.0 Å². The summed E-state index contributed by atoms with van der Waals surface area (Å²) >= 11 is 0. The summed E-state index contributed by atoms with van der Waals surface area (Å²) in [5, 5.41) is 1.02. The lowest BCUT2D eigenvalue weighted by atomic mass is 9.96. The zero-order valence-electron chi connectivity index (χ0n) is 12.4. The van der Waals surface area contributed by atoms with Gasteiger partial charge in [-0.05, 0) is 56.9 Å². The summed E-state index contributed by atoms with van der Waals surface area (Å²) in [6, 6.07) is 5.46. The molecule has 0 radical (unpaired) electrons. The van der Waals surface area contributed by atoms with Gasteiger partial charge in [0.05, 0.1) is 5.56 Å². The molecule has 110 valence electrons. The van der Waals surface area contributed by atoms with Crippen molar-refractivity contribution in [3.05, 3.63) is 35.0 Å². The topological polar surface area (TPSA) is 59.2 Å². The number of aromatic amines is 1. The predicted octanol–water partition coefficient (Wildman–Crippen LogP) is 3.45. The number of hydrogen-bond donors (Lipinski definition) is 1. The summed E-state index contributed by atoms with van der Waals surface area (Å²) in [5.74, 6) is -0.361. The monoisotopic (exact) mass is 285 g/mol. The van der Waals surface area contributed by atoms with E-state index in [0.29, 0.717) is 18.4 Å². The fraction of sp³-hybridized carbons (Fsp3) is 0.412. The van der Waals surface area contributed by atoms with E-state index >= 15 is 0 Å². The predicted molar refractivity (Wildman–Crippen MR) is 80.5 cm³/mol. The van der Waals surface area contributed by atoms with E-state index in [0.717, 1.165) is 35.0 Å². The van der Waals surface area contributed by atoms with E-state index < -0.39 is 12.1 Å². The minimum absolute atomic E-state index is 0.0457. The highest BCUT2D eigenvalue weighted by atomic mass is 16.5. The molecule has 1 aliphatic rings. The van der Waals surface area contributed by atoms with E-state index in [-0.39, 0.29) is 5.78 Å². The van der Waals surface area contributed by atoms with Crippen molar-refractivity contribution in [1.82, 2.24) is 4.98 Å². The molecule has 21 heavy (non-hydrogen) atoms. The van der Waals surface area contributed by atoms with E-state index in [4.69, 9.17) is 4.74 Å². The number of fused-ring (bicyclic) bond motifs is 1. The van der Waals surface area contributed by atoms with Gasteiger partial charge in [-0.25, -0.2) is 4.79 Å². The molecule has 1 fully saturated rings. The Hall–Kier alpha value is -2.10. The molecular weight excluding hydrogens is 266 g/mol. The van der Waals surface area contributed by atoms with Crippen LogP contribution in [-0.4, -0.2) is 22.8 Å². The van der Waals surface area contributed by atoms with Gasteiger partial charge < -0.3 is 9.72 Å². The van der Waals surface area contributed by atoms with Crippen molar-refractivity contribution in [2.75, 3.05) is 0 Å². The second-order valence-electron chi connectivity index (χ2n) is 5.74. The van der Waals surface area contributed by atoms with Gasteiger partial charge >= 0.3 is 5.97 Å². The van der Waals surface area contributed by atoms with Gasteiger partial charge in [-0.15, -0.1) is 0 Å². The molecule has 1 aromatic heterocycles. The molecule has 0 aliphatic heterocycles. The van der Waals surface area contributed by atoms with Crippen LogP contribution in [-0.2, 0) is 9.53 Å². The number of H-pyrrole nitrogens is 1. The lowest BCUT2D eigenvalue weighted by molar-refractivity contribution is -0.129. The summed E-state index contributed by atoms with van der Waals surface area (Å²) in [6.07, 6.45) is 2.46. The normalized spacial score (nSPS) is 19.0. The van der Waals surface area contributed by atoms with E-state index in [2.05, 4.69) is 4.98 Å². The average molecular weight is 285 g/mol. The summed E-state index contributed by atoms with van der Waals surface area (Å²) in [6.45, 7) is 4.03. The van der Waals surface area contributed by atoms with Crippen LogP contribution in [0, 0.1) is 13.8 Å². The Labute approximate surface area is 123 Å². The number of aromatic nitrogens is 1. The molecule has 1 N–H and O–H groups in total. The Kier molecular flexibility index (Phi) is 3.53. The van der Waals surface area contributed by atoms with Gasteiger partial charge in [-0.1, -0.05) is 0 Å². The minimum Gasteiger partial charge on any atom is -0.451 e. The smallest absolute Gasteiger partial charge is 0.338 e. The standard InChI is InChI=1S/C17H19NO3/c1-10-11(2)18-14-8-7-12(9-13(10)14)17(20)21-16-6-4-3-5-15(16)19/h7-9,16,18H,3-6H2,1-2H3/t16-/m1/s1. The fourth-order valence-electron chi connectivity index (χ4n) is 2.86. The number of carbonyl (C=O) groups is 2. The number of hydrogen-bond acceptors (Lipinski definition) is 3. The highest BCUT2D eigenvalue weighted by molar-refractivity contribution is 5.97. The molecule has 0 bridgehead atoms. The maximum Gasteiger partial charge on any atom is 0.338 e. The van der Waals surface area contributed by atoms with Crippen LogP contribution in [0.4, 0.5) is 0 Å². The third-order valence-corrected chi connectivity index (χ3v) is 4.29. The van der Waals surface area contributed by atoms with Crippen molar-refractivity contribution >= 4 is 22.7 Å². The average Bonchev–Trinajstić information content (AvgIpc) is 2.76. The summed E-state index contributed by atoms with van der Waals surface area (Å²) in [4.78, 5) is 27.3. The Balaban J connectivity index is 1.84. The molecule has 1 heterocycles. The number of aryl methyl sites for hydroxylation is 2. The zero-order valence-corrected chi connectivity index (χ0v) is 12.4. The van der Waals surface area contributed by atoms with E-state index in [1.165, 1.54) is 0 Å². The molecule has 2 aromatic rings. The lowest BCUT2D eigenvalue weighted by Crippen LogP contribution is -2.30. The van der Waals surface area contributed by atoms with Crippen molar-refractivity contribution in [3.63, 3.8) is 0 Å². The van der Waals surface area contributed by atoms with Crippen molar-refractivity contribution in [1.29, 1.82) is 0 Å². The molecule has 0 unspecified atom stereocenters. The van der Waals surface area contributed by atoms with Gasteiger partial charge in [-0.2, -0.15) is 0 Å². The molecule has 4 nitrogen and oxygen atoms in total. The summed E-state index contributed by atoms with van der Waals surface area (Å²) in [7, 11) is 0. The number of Topliss-reactive ketones (excluding diaryl/α,β-unsaturated/α-hetero) is 1. The third-order valence-electron chi connectivity index (χ3n) is 4.29. The second-order valence-corrected chi connectivity index (χ2v) is 5.74.